The van der Waals surface area contributed by atoms with E-state index in [-0.39, 0.29) is 26.3 Å². The second-order valence-corrected chi connectivity index (χ2v) is 30.0. The van der Waals surface area contributed by atoms with Crippen molar-refractivity contribution in [3.05, 3.63) is 0 Å². The van der Waals surface area contributed by atoms with Crippen molar-refractivity contribution in [3.8, 4) is 0 Å². The second kappa shape index (κ2) is 9.55. The van der Waals surface area contributed by atoms with Crippen LogP contribution in [0.25, 0.3) is 0 Å². The average Bonchev–Trinajstić information content (AvgIpc) is 2.60. The second-order valence-electron chi connectivity index (χ2n) is 15.8. The maximum absolute atomic E-state index is 11.3. The number of aliphatic hydroxyl groups excluding tert-OH is 1. The van der Waals surface area contributed by atoms with Gasteiger partial charge in [-0.1, -0.05) is 83.1 Å². The maximum atomic E-state index is 11.3. The molecule has 0 aliphatic carbocycles. The summed E-state index contributed by atoms with van der Waals surface area (Å²) in [5.74, 6) is 0. The van der Waals surface area contributed by atoms with Gasteiger partial charge in [0.05, 0.1) is 6.61 Å². The first-order chi connectivity index (χ1) is 15.3. The molecule has 9 heteroatoms. The van der Waals surface area contributed by atoms with E-state index in [2.05, 4.69) is 109 Å². The van der Waals surface area contributed by atoms with E-state index < -0.39 is 49.8 Å². The highest BCUT2D eigenvalue weighted by molar-refractivity contribution is 6.75. The predicted molar refractivity (Wildman–Crippen MR) is 151 cm³/mol. The van der Waals surface area contributed by atoms with Gasteiger partial charge in [0, 0.05) is 10.1 Å². The molecule has 6 nitrogen and oxygen atoms in total. The van der Waals surface area contributed by atoms with Crippen molar-refractivity contribution in [2.24, 2.45) is 0 Å². The van der Waals surface area contributed by atoms with E-state index in [0.29, 0.717) is 6.61 Å². The Labute approximate surface area is 219 Å². The summed E-state index contributed by atoms with van der Waals surface area (Å²) in [6.45, 7) is 36.0. The topological polar surface area (TPSA) is 66.4 Å². The molecule has 0 radical (unpaired) electrons. The molecule has 2 aliphatic heterocycles. The molecule has 208 valence electrons. The van der Waals surface area contributed by atoms with Gasteiger partial charge in [0.15, 0.2) is 22.9 Å². The van der Waals surface area contributed by atoms with Crippen molar-refractivity contribution in [3.63, 3.8) is 0 Å². The van der Waals surface area contributed by atoms with E-state index in [0.717, 1.165) is 0 Å². The Morgan fingerprint density at radius 2 is 1.11 bits per heavy atom. The molecule has 2 fully saturated rings. The predicted octanol–water partition coefficient (Wildman–Crippen LogP) is 6.94. The van der Waals surface area contributed by atoms with Gasteiger partial charge in [-0.3, -0.25) is 0 Å². The van der Waals surface area contributed by atoms with Gasteiger partial charge in [-0.25, -0.2) is 0 Å². The van der Waals surface area contributed by atoms with E-state index in [4.69, 9.17) is 22.4 Å². The monoisotopic (exact) mass is 548 g/mol. The minimum atomic E-state index is -2.77. The molecule has 0 amide bonds. The average molecular weight is 549 g/mol. The molecule has 5 atom stereocenters. The van der Waals surface area contributed by atoms with E-state index >= 15 is 0 Å². The zero-order chi connectivity index (χ0) is 27.6. The zero-order valence-corrected chi connectivity index (χ0v) is 28.6. The van der Waals surface area contributed by atoms with Gasteiger partial charge >= 0.3 is 8.56 Å². The fraction of sp³-hybridized carbons (Fsp3) is 1.00. The molecule has 2 heterocycles. The molecule has 2 rings (SSSR count). The molecule has 0 bridgehead atoms. The standard InChI is InChI=1S/C26H56O6Si3/c1-23(2,3)33(13,14)30-20-19-18(17-28-35(32-19,25(7,8)9)26(10,11)12)29-22(27)21(20)31-34(15,16)24(4,5)6/h18-22,27H,17H2,1-16H3/t18-,19+,20+,21-,22+/m1/s1. The van der Waals surface area contributed by atoms with Crippen molar-refractivity contribution in [2.75, 3.05) is 6.61 Å². The Morgan fingerprint density at radius 3 is 1.49 bits per heavy atom. The van der Waals surface area contributed by atoms with E-state index in [1.807, 2.05) is 0 Å². The summed E-state index contributed by atoms with van der Waals surface area (Å²) >= 11 is 0. The molecular weight excluding hydrogens is 493 g/mol. The first-order valence-corrected chi connectivity index (χ1v) is 20.9. The van der Waals surface area contributed by atoms with Gasteiger partial charge in [0.25, 0.3) is 0 Å². The van der Waals surface area contributed by atoms with Crippen LogP contribution in [0.2, 0.25) is 46.3 Å². The molecule has 0 aromatic heterocycles. The number of rotatable bonds is 4. The highest BCUT2D eigenvalue weighted by Gasteiger charge is 2.65. The van der Waals surface area contributed by atoms with Gasteiger partial charge in [-0.05, 0) is 36.3 Å². The Hall–Kier alpha value is 0.411. The van der Waals surface area contributed by atoms with Crippen LogP contribution in [0.4, 0.5) is 0 Å². The summed E-state index contributed by atoms with van der Waals surface area (Å²) in [5.41, 5.74) is 0. The zero-order valence-electron chi connectivity index (χ0n) is 25.6. The van der Waals surface area contributed by atoms with Crippen LogP contribution in [0.3, 0.4) is 0 Å². The third-order valence-electron chi connectivity index (χ3n) is 8.81. The summed E-state index contributed by atoms with van der Waals surface area (Å²) in [5, 5.41) is 10.9. The molecule has 35 heavy (non-hydrogen) atoms. The largest absolute Gasteiger partial charge is 0.408 e. The molecular formula is C26H56O6Si3. The lowest BCUT2D eigenvalue weighted by Crippen LogP contribution is -2.73. The molecule has 1 N–H and O–H groups in total. The fourth-order valence-electron chi connectivity index (χ4n) is 4.80. The number of fused-ring (bicyclic) bond motifs is 1. The van der Waals surface area contributed by atoms with Crippen LogP contribution in [-0.4, -0.2) is 67.6 Å². The van der Waals surface area contributed by atoms with Crippen LogP contribution in [-0.2, 0) is 22.4 Å². The lowest BCUT2D eigenvalue weighted by atomic mass is 9.99. The SMILES string of the molecule is CC(C)(C)[Si](C)(C)O[C@@H]1[C@@H](O[Si](C)(C)C(C)(C)C)[C@@H](O)O[C@@H]2CO[Si](C(C)(C)C)(C(C)(C)C)O[C@H]12. The van der Waals surface area contributed by atoms with E-state index in [1.54, 1.807) is 0 Å². The van der Waals surface area contributed by atoms with Gasteiger partial charge in [-0.2, -0.15) is 0 Å². The molecule has 2 aliphatic rings. The number of aliphatic hydroxyl groups is 1. The Morgan fingerprint density at radius 1 is 0.714 bits per heavy atom. The minimum absolute atomic E-state index is 0.00101. The van der Waals surface area contributed by atoms with Crippen molar-refractivity contribution in [1.29, 1.82) is 0 Å². The summed E-state index contributed by atoms with van der Waals surface area (Å²) < 4.78 is 34.0. The van der Waals surface area contributed by atoms with E-state index in [1.165, 1.54) is 0 Å². The molecule has 0 spiro atoms. The fourth-order valence-corrected chi connectivity index (χ4v) is 12.3. The van der Waals surface area contributed by atoms with Crippen molar-refractivity contribution < 1.29 is 27.5 Å². The van der Waals surface area contributed by atoms with Gasteiger partial charge in [-0.15, -0.1) is 0 Å². The normalized spacial score (nSPS) is 31.3. The highest BCUT2D eigenvalue weighted by Crippen LogP contribution is 2.56. The summed E-state index contributed by atoms with van der Waals surface area (Å²) in [6.07, 6.45) is -2.90. The first kappa shape index (κ1) is 31.6. The summed E-state index contributed by atoms with van der Waals surface area (Å²) in [7, 11) is -7.25. The quantitative estimate of drug-likeness (QED) is 0.384. The third-order valence-corrected chi connectivity index (χ3v) is 22.9. The maximum Gasteiger partial charge on any atom is 0.349 e. The van der Waals surface area contributed by atoms with Crippen LogP contribution >= 0.6 is 0 Å². The van der Waals surface area contributed by atoms with Gasteiger partial charge in [0.1, 0.15) is 24.4 Å². The molecule has 2 saturated heterocycles. The smallest absolute Gasteiger partial charge is 0.349 e. The van der Waals surface area contributed by atoms with Gasteiger partial charge in [0.2, 0.25) is 0 Å². The number of hydrogen-bond acceptors (Lipinski definition) is 6. The molecule has 0 unspecified atom stereocenters. The van der Waals surface area contributed by atoms with E-state index in [9.17, 15) is 5.11 Å². The Bertz CT molecular complexity index is 728. The van der Waals surface area contributed by atoms with Crippen LogP contribution < -0.4 is 0 Å². The summed E-state index contributed by atoms with van der Waals surface area (Å²) in [6, 6.07) is 0. The summed E-state index contributed by atoms with van der Waals surface area (Å²) in [4.78, 5) is 0. The lowest BCUT2D eigenvalue weighted by molar-refractivity contribution is -0.289. The molecule has 0 aromatic rings. The third kappa shape index (κ3) is 6.03. The van der Waals surface area contributed by atoms with Crippen molar-refractivity contribution in [2.45, 2.75) is 160 Å². The van der Waals surface area contributed by atoms with Crippen LogP contribution in [0.1, 0.15) is 83.1 Å². The Balaban J connectivity index is 2.62. The lowest BCUT2D eigenvalue weighted by Gasteiger charge is -2.59. The van der Waals surface area contributed by atoms with Crippen molar-refractivity contribution in [1.82, 2.24) is 0 Å². The van der Waals surface area contributed by atoms with Crippen molar-refractivity contribution >= 4 is 25.2 Å². The molecule has 0 saturated carbocycles. The van der Waals surface area contributed by atoms with Crippen LogP contribution in [0.5, 0.6) is 0 Å². The number of hydrogen-bond donors (Lipinski definition) is 1. The number of ether oxygens (including phenoxy) is 1. The van der Waals surface area contributed by atoms with Gasteiger partial charge < -0.3 is 27.5 Å². The Kier molecular flexibility index (Phi) is 8.63. The first-order valence-electron chi connectivity index (χ1n) is 13.3. The minimum Gasteiger partial charge on any atom is -0.408 e. The van der Waals surface area contributed by atoms with Crippen LogP contribution in [0.15, 0.2) is 0 Å². The van der Waals surface area contributed by atoms with Crippen LogP contribution in [0, 0.1) is 0 Å². The highest BCUT2D eigenvalue weighted by atomic mass is 28.4. The molecule has 0 aromatic carbocycles.